The summed E-state index contributed by atoms with van der Waals surface area (Å²) in [4.78, 5) is 0. The summed E-state index contributed by atoms with van der Waals surface area (Å²) < 4.78 is 23.7. The van der Waals surface area contributed by atoms with E-state index in [1.54, 1.807) is 0 Å². The van der Waals surface area contributed by atoms with Crippen molar-refractivity contribution < 1.29 is 8.42 Å². The normalized spacial score (nSPS) is 21.6. The largest absolute Gasteiger partial charge is 0.215 e. The van der Waals surface area contributed by atoms with E-state index in [1.165, 1.54) is 19.1 Å². The summed E-state index contributed by atoms with van der Waals surface area (Å²) >= 11 is 0. The fourth-order valence-electron chi connectivity index (χ4n) is 1.00. The van der Waals surface area contributed by atoms with Gasteiger partial charge in [0.2, 0.25) is 10.0 Å². The average molecular weight is 177 g/mol. The van der Waals surface area contributed by atoms with Crippen molar-refractivity contribution in [2.75, 3.05) is 12.8 Å². The highest BCUT2D eigenvalue weighted by Gasteiger charge is 2.36. The van der Waals surface area contributed by atoms with Crippen molar-refractivity contribution in [1.82, 2.24) is 4.72 Å². The summed E-state index contributed by atoms with van der Waals surface area (Å²) in [5.74, 6) is 0. The first kappa shape index (κ1) is 9.00. The molecular weight excluding hydrogens is 162 g/mol. The predicted octanol–water partition coefficient (Wildman–Crippen LogP) is 0.726. The molecule has 1 aliphatic rings. The van der Waals surface area contributed by atoms with Crippen LogP contribution >= 0.6 is 0 Å². The van der Waals surface area contributed by atoms with E-state index < -0.39 is 10.0 Å². The van der Waals surface area contributed by atoms with Gasteiger partial charge < -0.3 is 0 Å². The first-order valence-corrected chi connectivity index (χ1v) is 5.75. The van der Waals surface area contributed by atoms with Crippen LogP contribution in [0.2, 0.25) is 0 Å². The number of rotatable bonds is 4. The van der Waals surface area contributed by atoms with Crippen LogP contribution in [0.3, 0.4) is 0 Å². The highest BCUT2D eigenvalue weighted by Crippen LogP contribution is 2.47. The molecule has 4 heteroatoms. The van der Waals surface area contributed by atoms with Crippen molar-refractivity contribution in [2.45, 2.75) is 26.2 Å². The molecule has 0 amide bonds. The van der Waals surface area contributed by atoms with Gasteiger partial charge in [-0.15, -0.1) is 0 Å². The molecule has 0 aromatic heterocycles. The van der Waals surface area contributed by atoms with Crippen molar-refractivity contribution in [3.63, 3.8) is 0 Å². The Morgan fingerprint density at radius 1 is 1.45 bits per heavy atom. The topological polar surface area (TPSA) is 46.2 Å². The van der Waals surface area contributed by atoms with Gasteiger partial charge in [0.25, 0.3) is 0 Å². The third kappa shape index (κ3) is 3.72. The lowest BCUT2D eigenvalue weighted by atomic mass is 10.1. The SMILES string of the molecule is CC1(CCNS(C)(=O)=O)CC1. The van der Waals surface area contributed by atoms with Crippen LogP contribution < -0.4 is 4.72 Å². The van der Waals surface area contributed by atoms with Crippen molar-refractivity contribution in [2.24, 2.45) is 5.41 Å². The van der Waals surface area contributed by atoms with Gasteiger partial charge in [-0.3, -0.25) is 0 Å². The molecule has 11 heavy (non-hydrogen) atoms. The smallest absolute Gasteiger partial charge is 0.208 e. The molecule has 0 aliphatic heterocycles. The molecule has 1 aliphatic carbocycles. The van der Waals surface area contributed by atoms with Gasteiger partial charge in [0.05, 0.1) is 6.26 Å². The Bertz CT molecular complexity index is 229. The molecule has 3 nitrogen and oxygen atoms in total. The molecule has 1 N–H and O–H groups in total. The van der Waals surface area contributed by atoms with Crippen molar-refractivity contribution in [1.29, 1.82) is 0 Å². The Morgan fingerprint density at radius 3 is 2.36 bits per heavy atom. The molecule has 0 unspecified atom stereocenters. The number of nitrogens with one attached hydrogen (secondary N) is 1. The summed E-state index contributed by atoms with van der Waals surface area (Å²) in [5, 5.41) is 0. The molecular formula is C7H15NO2S. The van der Waals surface area contributed by atoms with Gasteiger partial charge in [0.15, 0.2) is 0 Å². The number of sulfonamides is 1. The molecule has 66 valence electrons. The van der Waals surface area contributed by atoms with E-state index in [9.17, 15) is 8.42 Å². The van der Waals surface area contributed by atoms with Gasteiger partial charge in [0, 0.05) is 6.54 Å². The van der Waals surface area contributed by atoms with E-state index >= 15 is 0 Å². The van der Waals surface area contributed by atoms with E-state index in [-0.39, 0.29) is 0 Å². The van der Waals surface area contributed by atoms with Crippen molar-refractivity contribution in [3.05, 3.63) is 0 Å². The lowest BCUT2D eigenvalue weighted by molar-refractivity contribution is 0.508. The van der Waals surface area contributed by atoms with Crippen LogP contribution in [-0.2, 0) is 10.0 Å². The van der Waals surface area contributed by atoms with E-state index in [0.29, 0.717) is 12.0 Å². The Balaban J connectivity index is 2.15. The Kier molecular flexibility index (Phi) is 2.25. The third-order valence-electron chi connectivity index (χ3n) is 2.20. The van der Waals surface area contributed by atoms with E-state index in [4.69, 9.17) is 0 Å². The highest BCUT2D eigenvalue weighted by molar-refractivity contribution is 7.88. The maximum atomic E-state index is 10.6. The number of hydrogen-bond donors (Lipinski definition) is 1. The second-order valence-corrected chi connectivity index (χ2v) is 5.56. The maximum Gasteiger partial charge on any atom is 0.208 e. The fourth-order valence-corrected chi connectivity index (χ4v) is 1.47. The van der Waals surface area contributed by atoms with Gasteiger partial charge in [-0.2, -0.15) is 0 Å². The molecule has 0 bridgehead atoms. The van der Waals surface area contributed by atoms with Crippen molar-refractivity contribution in [3.8, 4) is 0 Å². The molecule has 0 saturated heterocycles. The van der Waals surface area contributed by atoms with Crippen LogP contribution in [0.1, 0.15) is 26.2 Å². The molecule has 0 heterocycles. The summed E-state index contributed by atoms with van der Waals surface area (Å²) in [6, 6.07) is 0. The van der Waals surface area contributed by atoms with Gasteiger partial charge in [-0.05, 0) is 24.7 Å². The predicted molar refractivity (Wildman–Crippen MR) is 44.8 cm³/mol. The Morgan fingerprint density at radius 2 is 2.00 bits per heavy atom. The van der Waals surface area contributed by atoms with Crippen LogP contribution in [0.4, 0.5) is 0 Å². The Hall–Kier alpha value is -0.0900. The van der Waals surface area contributed by atoms with E-state index in [1.807, 2.05) is 0 Å². The fraction of sp³-hybridized carbons (Fsp3) is 1.00. The minimum atomic E-state index is -2.97. The van der Waals surface area contributed by atoms with Gasteiger partial charge in [-0.25, -0.2) is 13.1 Å². The van der Waals surface area contributed by atoms with Crippen molar-refractivity contribution >= 4 is 10.0 Å². The lowest BCUT2D eigenvalue weighted by Gasteiger charge is -2.06. The molecule has 0 radical (unpaired) electrons. The summed E-state index contributed by atoms with van der Waals surface area (Å²) in [6.45, 7) is 2.78. The van der Waals surface area contributed by atoms with Crippen LogP contribution in [0.5, 0.6) is 0 Å². The first-order valence-electron chi connectivity index (χ1n) is 3.86. The molecule has 0 atom stereocenters. The Labute approximate surface area is 68.2 Å². The molecule has 0 aromatic carbocycles. The van der Waals surface area contributed by atoms with Crippen LogP contribution in [0, 0.1) is 5.41 Å². The second kappa shape index (κ2) is 2.75. The zero-order valence-electron chi connectivity index (χ0n) is 7.05. The monoisotopic (exact) mass is 177 g/mol. The minimum absolute atomic E-state index is 0.442. The van der Waals surface area contributed by atoms with E-state index in [2.05, 4.69) is 11.6 Å². The summed E-state index contributed by atoms with van der Waals surface area (Å²) in [6.07, 6.45) is 4.67. The van der Waals surface area contributed by atoms with Crippen LogP contribution in [0.15, 0.2) is 0 Å². The molecule has 0 aromatic rings. The molecule has 1 fully saturated rings. The van der Waals surface area contributed by atoms with E-state index in [0.717, 1.165) is 6.42 Å². The zero-order chi connectivity index (χ0) is 8.54. The summed E-state index contributed by atoms with van der Waals surface area (Å²) in [5.41, 5.74) is 0.442. The van der Waals surface area contributed by atoms with Crippen LogP contribution in [-0.4, -0.2) is 21.2 Å². The third-order valence-corrected chi connectivity index (χ3v) is 2.92. The molecule has 1 saturated carbocycles. The first-order chi connectivity index (χ1) is 4.91. The standard InChI is InChI=1S/C7H15NO2S/c1-7(3-4-7)5-6-8-11(2,9)10/h8H,3-6H2,1-2H3. The second-order valence-electron chi connectivity index (χ2n) is 3.73. The number of hydrogen-bond acceptors (Lipinski definition) is 2. The zero-order valence-corrected chi connectivity index (χ0v) is 7.87. The van der Waals surface area contributed by atoms with Crippen LogP contribution in [0.25, 0.3) is 0 Å². The van der Waals surface area contributed by atoms with Gasteiger partial charge >= 0.3 is 0 Å². The lowest BCUT2D eigenvalue weighted by Crippen LogP contribution is -2.24. The molecule has 1 rings (SSSR count). The highest BCUT2D eigenvalue weighted by atomic mass is 32.2. The van der Waals surface area contributed by atoms with Gasteiger partial charge in [-0.1, -0.05) is 6.92 Å². The van der Waals surface area contributed by atoms with Gasteiger partial charge in [0.1, 0.15) is 0 Å². The molecule has 0 spiro atoms. The quantitative estimate of drug-likeness (QED) is 0.688. The summed E-state index contributed by atoms with van der Waals surface area (Å²) in [7, 11) is -2.97. The average Bonchev–Trinajstić information content (AvgIpc) is 2.44. The minimum Gasteiger partial charge on any atom is -0.215 e. The maximum absolute atomic E-state index is 10.6.